The van der Waals surface area contributed by atoms with E-state index in [1.54, 1.807) is 5.38 Å². The van der Waals surface area contributed by atoms with Crippen LogP contribution in [0.25, 0.3) is 11.1 Å². The van der Waals surface area contributed by atoms with Crippen LogP contribution in [0, 0.1) is 11.6 Å². The summed E-state index contributed by atoms with van der Waals surface area (Å²) in [5.41, 5.74) is 0.792. The lowest BCUT2D eigenvalue weighted by molar-refractivity contribution is 0.0603. The van der Waals surface area contributed by atoms with Crippen molar-refractivity contribution < 1.29 is 23.1 Å². The largest absolute Gasteiger partial charge is 0.465 e. The molecule has 0 aliphatic heterocycles. The zero-order valence-electron chi connectivity index (χ0n) is 13.9. The molecular weight excluding hydrogens is 396 g/mol. The number of benzene rings is 2. The molecule has 2 aromatic carbocycles. The van der Waals surface area contributed by atoms with Gasteiger partial charge in [-0.3, -0.25) is 4.79 Å². The Hall–Kier alpha value is -2.77. The van der Waals surface area contributed by atoms with Crippen LogP contribution in [0.2, 0.25) is 5.02 Å². The first-order chi connectivity index (χ1) is 12.9. The van der Waals surface area contributed by atoms with Crippen LogP contribution in [0.4, 0.5) is 13.8 Å². The van der Waals surface area contributed by atoms with Crippen LogP contribution in [0.5, 0.6) is 0 Å². The number of nitrogens with one attached hydrogen (secondary N) is 1. The highest BCUT2D eigenvalue weighted by molar-refractivity contribution is 7.15. The summed E-state index contributed by atoms with van der Waals surface area (Å²) in [6, 6.07) is 9.40. The number of thiophene rings is 1. The van der Waals surface area contributed by atoms with Gasteiger partial charge in [-0.15, -0.1) is 11.3 Å². The number of ether oxygens (including phenoxy) is 1. The van der Waals surface area contributed by atoms with Crippen molar-refractivity contribution in [3.05, 3.63) is 75.6 Å². The summed E-state index contributed by atoms with van der Waals surface area (Å²) in [7, 11) is 1.20. The number of anilines is 1. The topological polar surface area (TPSA) is 55.4 Å². The van der Waals surface area contributed by atoms with Crippen LogP contribution in [0.1, 0.15) is 20.7 Å². The van der Waals surface area contributed by atoms with Crippen LogP contribution in [0.15, 0.2) is 47.8 Å². The van der Waals surface area contributed by atoms with Crippen LogP contribution in [-0.2, 0) is 4.74 Å². The highest BCUT2D eigenvalue weighted by Crippen LogP contribution is 2.36. The molecule has 0 bridgehead atoms. The minimum absolute atomic E-state index is 0.0533. The lowest BCUT2D eigenvalue weighted by Crippen LogP contribution is -2.16. The number of methoxy groups -OCH3 is 1. The van der Waals surface area contributed by atoms with E-state index in [4.69, 9.17) is 16.3 Å². The second-order valence-corrected chi connectivity index (χ2v) is 6.69. The summed E-state index contributed by atoms with van der Waals surface area (Å²) in [6.07, 6.45) is 0. The third-order valence-corrected chi connectivity index (χ3v) is 4.96. The van der Waals surface area contributed by atoms with E-state index in [1.807, 2.05) is 0 Å². The first-order valence-corrected chi connectivity index (χ1v) is 8.89. The van der Waals surface area contributed by atoms with E-state index in [1.165, 1.54) is 43.5 Å². The van der Waals surface area contributed by atoms with Crippen molar-refractivity contribution in [2.75, 3.05) is 12.4 Å². The highest BCUT2D eigenvalue weighted by atomic mass is 35.5. The smallest absolute Gasteiger partial charge is 0.341 e. The van der Waals surface area contributed by atoms with Crippen molar-refractivity contribution >= 4 is 39.8 Å². The third kappa shape index (κ3) is 3.84. The lowest BCUT2D eigenvalue weighted by Gasteiger charge is -2.09. The van der Waals surface area contributed by atoms with E-state index in [0.29, 0.717) is 11.1 Å². The number of halogens is 3. The molecule has 8 heteroatoms. The molecule has 4 nitrogen and oxygen atoms in total. The van der Waals surface area contributed by atoms with Crippen molar-refractivity contribution in [1.82, 2.24) is 0 Å². The van der Waals surface area contributed by atoms with Gasteiger partial charge in [0, 0.05) is 10.9 Å². The Morgan fingerprint density at radius 1 is 1.07 bits per heavy atom. The summed E-state index contributed by atoms with van der Waals surface area (Å²) in [4.78, 5) is 24.7. The van der Waals surface area contributed by atoms with E-state index in [-0.39, 0.29) is 21.2 Å². The summed E-state index contributed by atoms with van der Waals surface area (Å²) in [5, 5.41) is 4.25. The fourth-order valence-electron chi connectivity index (χ4n) is 2.48. The van der Waals surface area contributed by atoms with E-state index in [2.05, 4.69) is 5.32 Å². The zero-order chi connectivity index (χ0) is 19.6. The third-order valence-electron chi connectivity index (χ3n) is 3.75. The molecule has 0 aliphatic carbocycles. The van der Waals surface area contributed by atoms with E-state index >= 15 is 0 Å². The molecule has 1 amide bonds. The Bertz CT molecular complexity index is 998. The summed E-state index contributed by atoms with van der Waals surface area (Å²) >= 11 is 6.97. The molecule has 0 saturated carbocycles. The molecule has 0 saturated heterocycles. The number of carbonyl (C=O) groups is 2. The van der Waals surface area contributed by atoms with Gasteiger partial charge in [-0.05, 0) is 29.8 Å². The molecule has 0 spiro atoms. The first kappa shape index (κ1) is 19.0. The van der Waals surface area contributed by atoms with Gasteiger partial charge in [0.15, 0.2) is 0 Å². The molecule has 0 aliphatic rings. The van der Waals surface area contributed by atoms with E-state index in [9.17, 15) is 18.4 Å². The second-order valence-electron chi connectivity index (χ2n) is 5.40. The monoisotopic (exact) mass is 407 g/mol. The molecule has 0 fully saturated rings. The molecule has 1 heterocycles. The maximum atomic E-state index is 14.0. The Kier molecular flexibility index (Phi) is 5.53. The summed E-state index contributed by atoms with van der Waals surface area (Å²) in [6.45, 7) is 0. The van der Waals surface area contributed by atoms with Crippen LogP contribution >= 0.6 is 22.9 Å². The van der Waals surface area contributed by atoms with Gasteiger partial charge in [0.2, 0.25) is 0 Å². The maximum Gasteiger partial charge on any atom is 0.341 e. The van der Waals surface area contributed by atoms with Gasteiger partial charge in [-0.2, -0.15) is 0 Å². The molecule has 0 atom stereocenters. The number of hydrogen-bond donors (Lipinski definition) is 1. The van der Waals surface area contributed by atoms with Crippen molar-refractivity contribution in [3.8, 4) is 11.1 Å². The predicted molar refractivity (Wildman–Crippen MR) is 100 cm³/mol. The SMILES string of the molecule is COC(=O)c1c(-c2ccc(F)cc2)csc1NC(=O)c1c(F)cccc1Cl. The average molecular weight is 408 g/mol. The van der Waals surface area contributed by atoms with Crippen LogP contribution < -0.4 is 5.32 Å². The fourth-order valence-corrected chi connectivity index (χ4v) is 3.68. The van der Waals surface area contributed by atoms with Gasteiger partial charge in [0.05, 0.1) is 17.7 Å². The van der Waals surface area contributed by atoms with Crippen molar-refractivity contribution in [2.24, 2.45) is 0 Å². The number of amides is 1. The highest BCUT2D eigenvalue weighted by Gasteiger charge is 2.24. The van der Waals surface area contributed by atoms with Crippen molar-refractivity contribution in [1.29, 1.82) is 0 Å². The minimum atomic E-state index is -0.796. The molecule has 1 aromatic heterocycles. The molecular formula is C19H12ClF2NO3S. The molecule has 138 valence electrons. The van der Waals surface area contributed by atoms with Gasteiger partial charge >= 0.3 is 5.97 Å². The number of carbonyl (C=O) groups excluding carboxylic acids is 2. The number of esters is 1. The molecule has 1 N–H and O–H groups in total. The molecule has 0 unspecified atom stereocenters. The molecule has 0 radical (unpaired) electrons. The van der Waals surface area contributed by atoms with Gasteiger partial charge < -0.3 is 10.1 Å². The Labute approximate surface area is 162 Å². The lowest BCUT2D eigenvalue weighted by atomic mass is 10.0. The summed E-state index contributed by atoms with van der Waals surface area (Å²) < 4.78 is 31.9. The normalized spacial score (nSPS) is 10.5. The Morgan fingerprint density at radius 2 is 1.78 bits per heavy atom. The van der Waals surface area contributed by atoms with Crippen molar-refractivity contribution in [2.45, 2.75) is 0 Å². The zero-order valence-corrected chi connectivity index (χ0v) is 15.5. The Balaban J connectivity index is 2.02. The quantitative estimate of drug-likeness (QED) is 0.590. The van der Waals surface area contributed by atoms with Crippen LogP contribution in [-0.4, -0.2) is 19.0 Å². The molecule has 27 heavy (non-hydrogen) atoms. The van der Waals surface area contributed by atoms with E-state index in [0.717, 1.165) is 17.4 Å². The van der Waals surface area contributed by atoms with Crippen molar-refractivity contribution in [3.63, 3.8) is 0 Å². The number of rotatable bonds is 4. The fraction of sp³-hybridized carbons (Fsp3) is 0.0526. The average Bonchev–Trinajstić information content (AvgIpc) is 3.05. The standard InChI is InChI=1S/C19H12ClF2NO3S/c1-26-19(25)15-12(10-5-7-11(21)8-6-10)9-27-18(15)23-17(24)16-13(20)3-2-4-14(16)22/h2-9H,1H3,(H,23,24). The van der Waals surface area contributed by atoms with Gasteiger partial charge in [0.25, 0.3) is 5.91 Å². The second kappa shape index (κ2) is 7.85. The van der Waals surface area contributed by atoms with Gasteiger partial charge in [0.1, 0.15) is 22.2 Å². The first-order valence-electron chi connectivity index (χ1n) is 7.63. The van der Waals surface area contributed by atoms with Gasteiger partial charge in [-0.1, -0.05) is 29.8 Å². The predicted octanol–water partition coefficient (Wildman–Crippen LogP) is 5.39. The van der Waals surface area contributed by atoms with E-state index < -0.39 is 23.5 Å². The number of hydrogen-bond acceptors (Lipinski definition) is 4. The maximum absolute atomic E-state index is 14.0. The summed E-state index contributed by atoms with van der Waals surface area (Å²) in [5.74, 6) is -2.69. The minimum Gasteiger partial charge on any atom is -0.465 e. The van der Waals surface area contributed by atoms with Gasteiger partial charge in [-0.25, -0.2) is 13.6 Å². The molecule has 3 rings (SSSR count). The molecule has 3 aromatic rings. The Morgan fingerprint density at radius 3 is 2.41 bits per heavy atom. The van der Waals surface area contributed by atoms with Crippen LogP contribution in [0.3, 0.4) is 0 Å².